The molecule has 1 unspecified atom stereocenters. The van der Waals surface area contributed by atoms with E-state index in [1.807, 2.05) is 5.92 Å². The first-order valence-electron chi connectivity index (χ1n) is 4.46. The van der Waals surface area contributed by atoms with Gasteiger partial charge in [0.15, 0.2) is 0 Å². The molecule has 0 N–H and O–H groups in total. The summed E-state index contributed by atoms with van der Waals surface area (Å²) < 4.78 is 0. The van der Waals surface area contributed by atoms with Gasteiger partial charge in [-0.2, -0.15) is 0 Å². The summed E-state index contributed by atoms with van der Waals surface area (Å²) in [5.74, 6) is 2.83. The average Bonchev–Trinajstić information content (AvgIpc) is 2.05. The molecule has 2 aliphatic rings. The van der Waals surface area contributed by atoms with Crippen molar-refractivity contribution in [2.75, 3.05) is 0 Å². The molecule has 0 saturated heterocycles. The fourth-order valence-corrected chi connectivity index (χ4v) is 2.20. The van der Waals surface area contributed by atoms with Gasteiger partial charge in [-0.1, -0.05) is 25.0 Å². The van der Waals surface area contributed by atoms with Crippen molar-refractivity contribution in [1.82, 2.24) is 0 Å². The van der Waals surface area contributed by atoms with Crippen LogP contribution in [0, 0.1) is 11.8 Å². The molecule has 2 aliphatic carbocycles. The number of hydrogen-bond acceptors (Lipinski definition) is 0. The number of fused-ring (bicyclic) bond motifs is 1. The predicted molar refractivity (Wildman–Crippen MR) is 43.6 cm³/mol. The molecule has 1 atom stereocenters. The Balaban J connectivity index is 2.01. The van der Waals surface area contributed by atoms with Crippen LogP contribution in [0.2, 0.25) is 0 Å². The minimum Gasteiger partial charge on any atom is -0.0882 e. The van der Waals surface area contributed by atoms with Gasteiger partial charge in [-0.15, -0.1) is 0 Å². The molecule has 1 fully saturated rings. The molecule has 0 aromatic rings. The average molecular weight is 135 g/mol. The molecular formula is C10H15. The smallest absolute Gasteiger partial charge is 0.0170 e. The van der Waals surface area contributed by atoms with Gasteiger partial charge in [0.05, 0.1) is 0 Å². The third kappa shape index (κ3) is 1.12. The minimum atomic E-state index is 0.985. The quantitative estimate of drug-likeness (QED) is 0.448. The number of rotatable bonds is 0. The Kier molecular flexibility index (Phi) is 1.79. The Bertz CT molecular complexity index is 119. The van der Waals surface area contributed by atoms with E-state index in [0.29, 0.717) is 0 Å². The Morgan fingerprint density at radius 2 is 2.20 bits per heavy atom. The first-order valence-corrected chi connectivity index (χ1v) is 4.46. The maximum atomic E-state index is 2.36. The lowest BCUT2D eigenvalue weighted by Gasteiger charge is -2.31. The van der Waals surface area contributed by atoms with Crippen molar-refractivity contribution in [3.05, 3.63) is 18.1 Å². The first kappa shape index (κ1) is 6.45. The zero-order valence-corrected chi connectivity index (χ0v) is 6.47. The summed E-state index contributed by atoms with van der Waals surface area (Å²) in [6.07, 6.45) is 13.2. The Labute approximate surface area is 63.3 Å². The van der Waals surface area contributed by atoms with Crippen molar-refractivity contribution in [1.29, 1.82) is 0 Å². The van der Waals surface area contributed by atoms with Crippen molar-refractivity contribution in [2.45, 2.75) is 38.5 Å². The SMILES string of the molecule is C1=CCC2CCCC[C]2C1. The van der Waals surface area contributed by atoms with E-state index >= 15 is 0 Å². The molecule has 1 saturated carbocycles. The van der Waals surface area contributed by atoms with E-state index in [1.165, 1.54) is 38.5 Å². The fourth-order valence-electron chi connectivity index (χ4n) is 2.20. The topological polar surface area (TPSA) is 0 Å². The fraction of sp³-hybridized carbons (Fsp3) is 0.700. The summed E-state index contributed by atoms with van der Waals surface area (Å²) in [5, 5.41) is 0. The summed E-state index contributed by atoms with van der Waals surface area (Å²) >= 11 is 0. The molecule has 0 aliphatic heterocycles. The minimum absolute atomic E-state index is 0.985. The third-order valence-electron chi connectivity index (χ3n) is 2.85. The Hall–Kier alpha value is -0.260. The van der Waals surface area contributed by atoms with Gasteiger partial charge >= 0.3 is 0 Å². The highest BCUT2D eigenvalue weighted by atomic mass is 14.3. The molecule has 0 nitrogen and oxygen atoms in total. The number of hydrogen-bond donors (Lipinski definition) is 0. The van der Waals surface area contributed by atoms with Gasteiger partial charge in [-0.25, -0.2) is 0 Å². The molecule has 0 bridgehead atoms. The van der Waals surface area contributed by atoms with Gasteiger partial charge in [-0.05, 0) is 37.5 Å². The summed E-state index contributed by atoms with van der Waals surface area (Å²) in [7, 11) is 0. The van der Waals surface area contributed by atoms with Gasteiger partial charge in [-0.3, -0.25) is 0 Å². The molecule has 55 valence electrons. The van der Waals surface area contributed by atoms with Gasteiger partial charge in [0.25, 0.3) is 0 Å². The monoisotopic (exact) mass is 135 g/mol. The van der Waals surface area contributed by atoms with Crippen LogP contribution < -0.4 is 0 Å². The van der Waals surface area contributed by atoms with Crippen LogP contribution in [0.3, 0.4) is 0 Å². The first-order chi connectivity index (χ1) is 4.97. The second-order valence-corrected chi connectivity index (χ2v) is 3.51. The van der Waals surface area contributed by atoms with Crippen LogP contribution in [-0.2, 0) is 0 Å². The van der Waals surface area contributed by atoms with E-state index in [4.69, 9.17) is 0 Å². The normalized spacial score (nSPS) is 33.8. The Morgan fingerprint density at radius 3 is 3.10 bits per heavy atom. The Morgan fingerprint density at radius 1 is 1.20 bits per heavy atom. The van der Waals surface area contributed by atoms with Gasteiger partial charge in [0.1, 0.15) is 0 Å². The van der Waals surface area contributed by atoms with Crippen molar-refractivity contribution < 1.29 is 0 Å². The van der Waals surface area contributed by atoms with Crippen molar-refractivity contribution in [2.24, 2.45) is 5.92 Å². The van der Waals surface area contributed by atoms with E-state index in [2.05, 4.69) is 12.2 Å². The lowest BCUT2D eigenvalue weighted by molar-refractivity contribution is 0.378. The maximum absolute atomic E-state index is 2.36. The molecule has 0 heteroatoms. The van der Waals surface area contributed by atoms with Gasteiger partial charge < -0.3 is 0 Å². The highest BCUT2D eigenvalue weighted by molar-refractivity contribution is 5.11. The van der Waals surface area contributed by atoms with Crippen molar-refractivity contribution in [3.8, 4) is 0 Å². The molecule has 1 radical (unpaired) electrons. The van der Waals surface area contributed by atoms with Crippen LogP contribution >= 0.6 is 0 Å². The van der Waals surface area contributed by atoms with Crippen LogP contribution in [0.4, 0.5) is 0 Å². The molecule has 0 amide bonds. The van der Waals surface area contributed by atoms with Crippen LogP contribution in [0.15, 0.2) is 12.2 Å². The summed E-state index contributed by atoms with van der Waals surface area (Å²) in [5.41, 5.74) is 0. The molecule has 0 spiro atoms. The predicted octanol–water partition coefficient (Wildman–Crippen LogP) is 3.10. The van der Waals surface area contributed by atoms with Gasteiger partial charge in [0, 0.05) is 0 Å². The molecule has 0 heterocycles. The summed E-state index contributed by atoms with van der Waals surface area (Å²) in [6.45, 7) is 0. The largest absolute Gasteiger partial charge is 0.0882 e. The molecule has 0 aromatic carbocycles. The third-order valence-corrected chi connectivity index (χ3v) is 2.85. The van der Waals surface area contributed by atoms with Crippen molar-refractivity contribution in [3.63, 3.8) is 0 Å². The van der Waals surface area contributed by atoms with Gasteiger partial charge in [0.2, 0.25) is 0 Å². The molecule has 2 rings (SSSR count). The lowest BCUT2D eigenvalue weighted by atomic mass is 9.73. The van der Waals surface area contributed by atoms with Crippen LogP contribution in [0.5, 0.6) is 0 Å². The van der Waals surface area contributed by atoms with E-state index in [0.717, 1.165) is 5.92 Å². The lowest BCUT2D eigenvalue weighted by Crippen LogP contribution is -2.18. The van der Waals surface area contributed by atoms with E-state index in [9.17, 15) is 0 Å². The molecule has 10 heavy (non-hydrogen) atoms. The highest BCUT2D eigenvalue weighted by Gasteiger charge is 2.25. The van der Waals surface area contributed by atoms with Crippen LogP contribution in [-0.4, -0.2) is 0 Å². The van der Waals surface area contributed by atoms with Crippen molar-refractivity contribution >= 4 is 0 Å². The highest BCUT2D eigenvalue weighted by Crippen LogP contribution is 2.38. The standard InChI is InChI=1S/C10H15/c1-2-6-10-8-4-3-7-9(10)5-1/h1-2,9H,3-8H2. The zero-order chi connectivity index (χ0) is 6.81. The van der Waals surface area contributed by atoms with E-state index in [-0.39, 0.29) is 0 Å². The second-order valence-electron chi connectivity index (χ2n) is 3.51. The summed E-state index contributed by atoms with van der Waals surface area (Å²) in [4.78, 5) is 0. The summed E-state index contributed by atoms with van der Waals surface area (Å²) in [6, 6.07) is 0. The van der Waals surface area contributed by atoms with Crippen LogP contribution in [0.1, 0.15) is 38.5 Å². The zero-order valence-electron chi connectivity index (χ0n) is 6.47. The number of allylic oxidation sites excluding steroid dienone is 2. The second kappa shape index (κ2) is 2.77. The molecule has 0 aromatic heterocycles. The van der Waals surface area contributed by atoms with E-state index < -0.39 is 0 Å². The molecular weight excluding hydrogens is 120 g/mol. The maximum Gasteiger partial charge on any atom is -0.0170 e. The van der Waals surface area contributed by atoms with E-state index in [1.54, 1.807) is 0 Å². The van der Waals surface area contributed by atoms with Crippen LogP contribution in [0.25, 0.3) is 0 Å².